The second-order valence-electron chi connectivity index (χ2n) is 5.32. The molecule has 0 amide bonds. The standard InChI is InChI=1S/C18H18O3/c19-11-13-7-9-14(10-8-13)12-21-18-6-2-3-15-16(18)4-1-5-17(15)20/h2-3,6-10,19H,1,4-5,11-12H2. The molecule has 0 unspecified atom stereocenters. The highest BCUT2D eigenvalue weighted by atomic mass is 16.5. The molecule has 0 atom stereocenters. The van der Waals surface area contributed by atoms with Crippen molar-refractivity contribution in [3.05, 3.63) is 64.7 Å². The normalized spacial score (nSPS) is 13.9. The zero-order valence-corrected chi connectivity index (χ0v) is 11.8. The summed E-state index contributed by atoms with van der Waals surface area (Å²) >= 11 is 0. The number of ketones is 1. The van der Waals surface area contributed by atoms with E-state index in [9.17, 15) is 4.79 Å². The largest absolute Gasteiger partial charge is 0.489 e. The van der Waals surface area contributed by atoms with Crippen LogP contribution in [0.15, 0.2) is 42.5 Å². The van der Waals surface area contributed by atoms with E-state index in [2.05, 4.69) is 0 Å². The summed E-state index contributed by atoms with van der Waals surface area (Å²) in [4.78, 5) is 11.9. The number of carbonyl (C=O) groups is 1. The molecule has 2 aromatic rings. The molecule has 108 valence electrons. The topological polar surface area (TPSA) is 46.5 Å². The molecule has 0 heterocycles. The van der Waals surface area contributed by atoms with Crippen molar-refractivity contribution < 1.29 is 14.6 Å². The summed E-state index contributed by atoms with van der Waals surface area (Å²) in [5, 5.41) is 9.03. The van der Waals surface area contributed by atoms with Gasteiger partial charge >= 0.3 is 0 Å². The first-order valence-electron chi connectivity index (χ1n) is 7.24. The lowest BCUT2D eigenvalue weighted by Gasteiger charge is -2.18. The number of carbonyl (C=O) groups excluding carboxylic acids is 1. The molecule has 3 nitrogen and oxygen atoms in total. The average Bonchev–Trinajstić information content (AvgIpc) is 2.54. The maximum absolute atomic E-state index is 11.9. The average molecular weight is 282 g/mol. The Hall–Kier alpha value is -2.13. The van der Waals surface area contributed by atoms with Crippen LogP contribution in [0.5, 0.6) is 5.75 Å². The van der Waals surface area contributed by atoms with Crippen molar-refractivity contribution in [3.63, 3.8) is 0 Å². The highest BCUT2D eigenvalue weighted by molar-refractivity contribution is 5.99. The van der Waals surface area contributed by atoms with Crippen LogP contribution in [0.1, 0.15) is 39.9 Å². The van der Waals surface area contributed by atoms with Crippen molar-refractivity contribution >= 4 is 5.78 Å². The first kappa shape index (κ1) is 13.8. The van der Waals surface area contributed by atoms with Gasteiger partial charge in [-0.3, -0.25) is 4.79 Å². The molecule has 21 heavy (non-hydrogen) atoms. The lowest BCUT2D eigenvalue weighted by molar-refractivity contribution is 0.0971. The zero-order chi connectivity index (χ0) is 14.7. The number of ether oxygens (including phenoxy) is 1. The van der Waals surface area contributed by atoms with E-state index in [-0.39, 0.29) is 12.4 Å². The Morgan fingerprint density at radius 1 is 1.00 bits per heavy atom. The fourth-order valence-corrected chi connectivity index (χ4v) is 2.68. The van der Waals surface area contributed by atoms with Crippen molar-refractivity contribution in [1.29, 1.82) is 0 Å². The maximum Gasteiger partial charge on any atom is 0.163 e. The van der Waals surface area contributed by atoms with Crippen molar-refractivity contribution in [2.24, 2.45) is 0 Å². The summed E-state index contributed by atoms with van der Waals surface area (Å²) in [5.74, 6) is 1.03. The van der Waals surface area contributed by atoms with Crippen molar-refractivity contribution in [1.82, 2.24) is 0 Å². The number of hydrogen-bond donors (Lipinski definition) is 1. The van der Waals surface area contributed by atoms with Crippen molar-refractivity contribution in [2.45, 2.75) is 32.5 Å². The number of aliphatic hydroxyl groups is 1. The van der Waals surface area contributed by atoms with E-state index in [1.807, 2.05) is 42.5 Å². The van der Waals surface area contributed by atoms with Gasteiger partial charge in [0.05, 0.1) is 6.61 Å². The summed E-state index contributed by atoms with van der Waals surface area (Å²) in [6.07, 6.45) is 2.44. The van der Waals surface area contributed by atoms with Gasteiger partial charge in [-0.25, -0.2) is 0 Å². The van der Waals surface area contributed by atoms with Gasteiger partial charge in [0.2, 0.25) is 0 Å². The Labute approximate surface area is 124 Å². The smallest absolute Gasteiger partial charge is 0.163 e. The second kappa shape index (κ2) is 6.10. The van der Waals surface area contributed by atoms with Crippen LogP contribution in [-0.4, -0.2) is 10.9 Å². The molecule has 1 aliphatic rings. The van der Waals surface area contributed by atoms with Gasteiger partial charge in [-0.2, -0.15) is 0 Å². The quantitative estimate of drug-likeness (QED) is 0.936. The van der Waals surface area contributed by atoms with Crippen LogP contribution in [-0.2, 0) is 19.6 Å². The van der Waals surface area contributed by atoms with Crippen LogP contribution < -0.4 is 4.74 Å². The number of Topliss-reactive ketones (excluding diaryl/α,β-unsaturated/α-hetero) is 1. The minimum absolute atomic E-state index is 0.0510. The summed E-state index contributed by atoms with van der Waals surface area (Å²) in [5.41, 5.74) is 3.79. The highest BCUT2D eigenvalue weighted by Crippen LogP contribution is 2.30. The molecule has 0 radical (unpaired) electrons. The van der Waals surface area contributed by atoms with Gasteiger partial charge in [-0.05, 0) is 30.0 Å². The summed E-state index contributed by atoms with van der Waals surface area (Å²) in [7, 11) is 0. The van der Waals surface area contributed by atoms with Crippen LogP contribution in [0, 0.1) is 0 Å². The van der Waals surface area contributed by atoms with Gasteiger partial charge in [0, 0.05) is 17.5 Å². The summed E-state index contributed by atoms with van der Waals surface area (Å²) < 4.78 is 5.90. The van der Waals surface area contributed by atoms with E-state index >= 15 is 0 Å². The predicted molar refractivity (Wildman–Crippen MR) is 80.4 cm³/mol. The number of hydrogen-bond acceptors (Lipinski definition) is 3. The van der Waals surface area contributed by atoms with Crippen LogP contribution in [0.25, 0.3) is 0 Å². The minimum atomic E-state index is 0.0510. The minimum Gasteiger partial charge on any atom is -0.489 e. The fraction of sp³-hybridized carbons (Fsp3) is 0.278. The molecule has 1 N–H and O–H groups in total. The first-order valence-corrected chi connectivity index (χ1v) is 7.24. The van der Waals surface area contributed by atoms with Gasteiger partial charge < -0.3 is 9.84 Å². The highest BCUT2D eigenvalue weighted by Gasteiger charge is 2.20. The molecular formula is C18H18O3. The predicted octanol–water partition coefficient (Wildman–Crippen LogP) is 3.28. The number of fused-ring (bicyclic) bond motifs is 1. The lowest BCUT2D eigenvalue weighted by Crippen LogP contribution is -2.12. The molecule has 0 bridgehead atoms. The molecule has 1 aliphatic carbocycles. The third kappa shape index (κ3) is 2.98. The van der Waals surface area contributed by atoms with Crippen LogP contribution in [0.2, 0.25) is 0 Å². The third-order valence-electron chi connectivity index (χ3n) is 3.86. The van der Waals surface area contributed by atoms with Gasteiger partial charge in [-0.1, -0.05) is 36.4 Å². The van der Waals surface area contributed by atoms with Crippen LogP contribution in [0.3, 0.4) is 0 Å². The number of aliphatic hydroxyl groups excluding tert-OH is 1. The third-order valence-corrected chi connectivity index (χ3v) is 3.86. The van der Waals surface area contributed by atoms with Gasteiger partial charge in [0.25, 0.3) is 0 Å². The number of rotatable bonds is 4. The maximum atomic E-state index is 11.9. The monoisotopic (exact) mass is 282 g/mol. The Balaban J connectivity index is 1.76. The molecule has 3 heteroatoms. The Morgan fingerprint density at radius 2 is 1.76 bits per heavy atom. The Kier molecular flexibility index (Phi) is 4.02. The summed E-state index contributed by atoms with van der Waals surface area (Å²) in [6.45, 7) is 0.520. The van der Waals surface area contributed by atoms with E-state index in [0.29, 0.717) is 13.0 Å². The molecule has 2 aromatic carbocycles. The number of benzene rings is 2. The molecule has 0 aromatic heterocycles. The van der Waals surface area contributed by atoms with Gasteiger partial charge in [0.1, 0.15) is 12.4 Å². The second-order valence-corrected chi connectivity index (χ2v) is 5.32. The Bertz CT molecular complexity index is 644. The molecule has 3 rings (SSSR count). The fourth-order valence-electron chi connectivity index (χ4n) is 2.68. The van der Waals surface area contributed by atoms with E-state index in [1.165, 1.54) is 0 Å². The van der Waals surface area contributed by atoms with Gasteiger partial charge in [-0.15, -0.1) is 0 Å². The van der Waals surface area contributed by atoms with Crippen LogP contribution in [0.4, 0.5) is 0 Å². The van der Waals surface area contributed by atoms with E-state index < -0.39 is 0 Å². The molecular weight excluding hydrogens is 264 g/mol. The molecule has 0 saturated heterocycles. The van der Waals surface area contributed by atoms with Crippen molar-refractivity contribution in [3.8, 4) is 5.75 Å². The van der Waals surface area contributed by atoms with E-state index in [1.54, 1.807) is 0 Å². The SMILES string of the molecule is O=C1CCCc2c(OCc3ccc(CO)cc3)cccc21. The zero-order valence-electron chi connectivity index (χ0n) is 11.8. The Morgan fingerprint density at radius 3 is 2.52 bits per heavy atom. The molecule has 0 saturated carbocycles. The molecule has 0 aliphatic heterocycles. The van der Waals surface area contributed by atoms with Crippen LogP contribution >= 0.6 is 0 Å². The van der Waals surface area contributed by atoms with Crippen molar-refractivity contribution in [2.75, 3.05) is 0 Å². The van der Waals surface area contributed by atoms with E-state index in [4.69, 9.17) is 9.84 Å². The lowest BCUT2D eigenvalue weighted by atomic mass is 9.90. The summed E-state index contributed by atoms with van der Waals surface area (Å²) in [6, 6.07) is 13.4. The molecule has 0 spiro atoms. The van der Waals surface area contributed by atoms with Gasteiger partial charge in [0.15, 0.2) is 5.78 Å². The molecule has 0 fully saturated rings. The van der Waals surface area contributed by atoms with E-state index in [0.717, 1.165) is 40.8 Å². The first-order chi connectivity index (χ1) is 10.3.